The molecule has 2 aliphatic heterocycles. The largest absolute Gasteiger partial charge is 0.371 e. The lowest BCUT2D eigenvalue weighted by atomic mass is 9.82. The number of rotatable bonds is 9. The Morgan fingerprint density at radius 3 is 2.30 bits per heavy atom. The van der Waals surface area contributed by atoms with Crippen LogP contribution in [0.5, 0.6) is 0 Å². The molecule has 1 aromatic rings. The van der Waals surface area contributed by atoms with E-state index < -0.39 is 0 Å². The minimum Gasteiger partial charge on any atom is -0.371 e. The van der Waals surface area contributed by atoms with Gasteiger partial charge >= 0.3 is 0 Å². The van der Waals surface area contributed by atoms with Gasteiger partial charge in [0.2, 0.25) is 5.91 Å². The molecule has 44 heavy (non-hydrogen) atoms. The van der Waals surface area contributed by atoms with Gasteiger partial charge in [0, 0.05) is 62.1 Å². The van der Waals surface area contributed by atoms with Crippen LogP contribution in [0.25, 0.3) is 0 Å². The Bertz CT molecular complexity index is 1130. The number of anilines is 1. The summed E-state index contributed by atoms with van der Waals surface area (Å²) >= 11 is 0. The molecule has 1 aromatic carbocycles. The Kier molecular flexibility index (Phi) is 11.3. The van der Waals surface area contributed by atoms with Crippen LogP contribution in [0.2, 0.25) is 0 Å². The lowest BCUT2D eigenvalue weighted by Gasteiger charge is -2.46. The number of nitrogens with zero attached hydrogens (tertiary/aromatic N) is 3. The van der Waals surface area contributed by atoms with E-state index in [4.69, 9.17) is 0 Å². The van der Waals surface area contributed by atoms with Crippen LogP contribution in [0.4, 0.5) is 5.69 Å². The molecular formula is C37H61N5O2. The van der Waals surface area contributed by atoms with Gasteiger partial charge in [0.1, 0.15) is 0 Å². The summed E-state index contributed by atoms with van der Waals surface area (Å²) in [6.45, 7) is 8.92. The fourth-order valence-corrected chi connectivity index (χ4v) is 9.01. The van der Waals surface area contributed by atoms with Crippen molar-refractivity contribution in [1.82, 2.24) is 20.4 Å². The fraction of sp³-hybridized carbons (Fsp3) is 0.784. The van der Waals surface area contributed by atoms with Gasteiger partial charge in [-0.3, -0.25) is 14.5 Å². The minimum atomic E-state index is -0.181. The second-order valence-electron chi connectivity index (χ2n) is 15.2. The van der Waals surface area contributed by atoms with E-state index in [0.29, 0.717) is 30.6 Å². The van der Waals surface area contributed by atoms with Gasteiger partial charge in [-0.15, -0.1) is 0 Å². The number of hydrogen-bond acceptors (Lipinski definition) is 5. The lowest BCUT2D eigenvalue weighted by molar-refractivity contribution is -0.129. The quantitative estimate of drug-likeness (QED) is 0.355. The lowest BCUT2D eigenvalue weighted by Crippen LogP contribution is -2.52. The number of likely N-dealkylation sites (N-methyl/N-ethyl adjacent to an activating group) is 1. The third kappa shape index (κ3) is 7.81. The molecule has 5 unspecified atom stereocenters. The second kappa shape index (κ2) is 15.0. The minimum absolute atomic E-state index is 0.0355. The van der Waals surface area contributed by atoms with Gasteiger partial charge in [0.25, 0.3) is 5.91 Å². The summed E-state index contributed by atoms with van der Waals surface area (Å²) < 4.78 is 0. The molecule has 4 aliphatic rings. The Hall–Kier alpha value is -2.12. The molecule has 2 aliphatic carbocycles. The van der Waals surface area contributed by atoms with Gasteiger partial charge in [-0.1, -0.05) is 45.4 Å². The van der Waals surface area contributed by atoms with Crippen LogP contribution in [0.15, 0.2) is 12.1 Å². The van der Waals surface area contributed by atoms with Crippen LogP contribution in [-0.4, -0.2) is 86.6 Å². The first-order valence-electron chi connectivity index (χ1n) is 18.0. The van der Waals surface area contributed by atoms with Crippen molar-refractivity contribution >= 4 is 17.5 Å². The number of likely N-dealkylation sites (tertiary alicyclic amines) is 1. The molecule has 2 N–H and O–H groups in total. The van der Waals surface area contributed by atoms with Crippen molar-refractivity contribution in [3.63, 3.8) is 0 Å². The predicted octanol–water partition coefficient (Wildman–Crippen LogP) is 6.10. The number of piperidine rings is 2. The maximum absolute atomic E-state index is 14.0. The van der Waals surface area contributed by atoms with Gasteiger partial charge < -0.3 is 20.4 Å². The number of carbonyl (C=O) groups excluding carboxylic acids is 2. The Balaban J connectivity index is 1.42. The first kappa shape index (κ1) is 33.2. The van der Waals surface area contributed by atoms with Gasteiger partial charge in [-0.05, 0) is 108 Å². The predicted molar refractivity (Wildman–Crippen MR) is 182 cm³/mol. The molecule has 2 saturated carbocycles. The monoisotopic (exact) mass is 607 g/mol. The summed E-state index contributed by atoms with van der Waals surface area (Å²) in [6, 6.07) is 6.66. The smallest absolute Gasteiger partial charge is 0.251 e. The van der Waals surface area contributed by atoms with Crippen molar-refractivity contribution in [1.29, 1.82) is 0 Å². The van der Waals surface area contributed by atoms with Crippen LogP contribution in [0.1, 0.15) is 125 Å². The van der Waals surface area contributed by atoms with E-state index in [2.05, 4.69) is 79.4 Å². The standard InChI is InChI=1S/C37H61N5O2/c1-25-19-26(2)39-37(44)34(25)22-38-36(43)33-20-29(21-35(27(33)3)41(6)30-13-9-7-10-14-30)28-17-18-32(24-40(4)5)42(23-28)31-15-11-8-12-16-31/h20-21,25-26,28,30-32,34H,7-19,22-24H2,1-6H3,(H,38,43)(H,39,44). The molecule has 2 heterocycles. The number of amides is 2. The summed E-state index contributed by atoms with van der Waals surface area (Å²) in [5, 5.41) is 6.30. The molecule has 0 spiro atoms. The Labute approximate surface area is 267 Å². The van der Waals surface area contributed by atoms with Crippen LogP contribution in [0, 0.1) is 18.8 Å². The zero-order valence-electron chi connectivity index (χ0n) is 28.7. The van der Waals surface area contributed by atoms with Gasteiger partial charge in [-0.2, -0.15) is 0 Å². The molecule has 0 aromatic heterocycles. The van der Waals surface area contributed by atoms with Crippen LogP contribution in [-0.2, 0) is 4.79 Å². The van der Waals surface area contributed by atoms with E-state index in [0.717, 1.165) is 37.1 Å². The molecule has 2 saturated heterocycles. The van der Waals surface area contributed by atoms with E-state index in [1.807, 2.05) is 0 Å². The molecule has 2 amide bonds. The second-order valence-corrected chi connectivity index (χ2v) is 15.2. The first-order valence-corrected chi connectivity index (χ1v) is 18.0. The summed E-state index contributed by atoms with van der Waals surface area (Å²) in [5.74, 6) is 0.525. The Morgan fingerprint density at radius 2 is 1.64 bits per heavy atom. The average Bonchev–Trinajstić information content (AvgIpc) is 3.01. The molecule has 246 valence electrons. The summed E-state index contributed by atoms with van der Waals surface area (Å²) in [5.41, 5.74) is 4.40. The van der Waals surface area contributed by atoms with Crippen LogP contribution in [0.3, 0.4) is 0 Å². The van der Waals surface area contributed by atoms with Gasteiger partial charge in [0.05, 0.1) is 5.92 Å². The van der Waals surface area contributed by atoms with Crippen molar-refractivity contribution in [2.45, 2.75) is 134 Å². The number of carbonyl (C=O) groups is 2. The van der Waals surface area contributed by atoms with Crippen molar-refractivity contribution in [2.75, 3.05) is 45.7 Å². The molecule has 0 radical (unpaired) electrons. The maximum atomic E-state index is 14.0. The van der Waals surface area contributed by atoms with Crippen molar-refractivity contribution in [2.24, 2.45) is 11.8 Å². The molecule has 7 nitrogen and oxygen atoms in total. The molecule has 7 heteroatoms. The highest BCUT2D eigenvalue weighted by Gasteiger charge is 2.36. The zero-order chi connectivity index (χ0) is 31.4. The highest BCUT2D eigenvalue weighted by molar-refractivity contribution is 5.97. The molecule has 4 fully saturated rings. The number of benzene rings is 1. The molecule has 5 atom stereocenters. The summed E-state index contributed by atoms with van der Waals surface area (Å²) in [7, 11) is 6.67. The van der Waals surface area contributed by atoms with Crippen LogP contribution < -0.4 is 15.5 Å². The van der Waals surface area contributed by atoms with E-state index in [1.165, 1.54) is 81.9 Å². The SMILES string of the molecule is Cc1c(C(=O)NCC2C(=O)NC(C)CC2C)cc(C2CCC(CN(C)C)N(C3CCCCC3)C2)cc1N(C)C1CCCCC1. The zero-order valence-corrected chi connectivity index (χ0v) is 28.7. The summed E-state index contributed by atoms with van der Waals surface area (Å²) in [6.07, 6.45) is 16.4. The highest BCUT2D eigenvalue weighted by atomic mass is 16.2. The third-order valence-electron chi connectivity index (χ3n) is 11.6. The van der Waals surface area contributed by atoms with E-state index in [1.54, 1.807) is 0 Å². The molecule has 5 rings (SSSR count). The first-order chi connectivity index (χ1) is 21.1. The maximum Gasteiger partial charge on any atom is 0.251 e. The third-order valence-corrected chi connectivity index (χ3v) is 11.6. The van der Waals surface area contributed by atoms with Gasteiger partial charge in [0.15, 0.2) is 0 Å². The van der Waals surface area contributed by atoms with Crippen molar-refractivity contribution in [3.05, 3.63) is 28.8 Å². The van der Waals surface area contributed by atoms with Crippen molar-refractivity contribution in [3.8, 4) is 0 Å². The summed E-state index contributed by atoms with van der Waals surface area (Å²) in [4.78, 5) is 34.5. The topological polar surface area (TPSA) is 67.9 Å². The van der Waals surface area contributed by atoms with E-state index in [-0.39, 0.29) is 29.7 Å². The fourth-order valence-electron chi connectivity index (χ4n) is 9.01. The van der Waals surface area contributed by atoms with Crippen molar-refractivity contribution < 1.29 is 9.59 Å². The van der Waals surface area contributed by atoms with E-state index >= 15 is 0 Å². The normalized spacial score (nSPS) is 29.4. The average molecular weight is 608 g/mol. The van der Waals surface area contributed by atoms with E-state index in [9.17, 15) is 9.59 Å². The van der Waals surface area contributed by atoms with Crippen LogP contribution >= 0.6 is 0 Å². The number of nitrogens with one attached hydrogen (secondary N) is 2. The highest BCUT2D eigenvalue weighted by Crippen LogP contribution is 2.39. The molecular weight excluding hydrogens is 546 g/mol. The van der Waals surface area contributed by atoms with Gasteiger partial charge in [-0.25, -0.2) is 0 Å². The molecule has 0 bridgehead atoms. The Morgan fingerprint density at radius 1 is 0.955 bits per heavy atom. The number of hydrogen-bond donors (Lipinski definition) is 2.